The molecule has 2 rings (SSSR count). The molecule has 0 radical (unpaired) electrons. The summed E-state index contributed by atoms with van der Waals surface area (Å²) in [5.74, 6) is -0.0739. The molecule has 1 aromatic carbocycles. The number of carbonyl (C=O) groups is 1. The van der Waals surface area contributed by atoms with Crippen LogP contribution in [0.5, 0.6) is 0 Å². The van der Waals surface area contributed by atoms with Crippen molar-refractivity contribution in [2.45, 2.75) is 25.2 Å². The number of hydrogen-bond donors (Lipinski definition) is 2. The maximum atomic E-state index is 12.6. The number of alkyl halides is 3. The lowest BCUT2D eigenvalue weighted by Crippen LogP contribution is -2.42. The molecule has 1 heterocycles. The van der Waals surface area contributed by atoms with Gasteiger partial charge in [0.1, 0.15) is 0 Å². The topological polar surface area (TPSA) is 75.3 Å². The molecule has 5 nitrogen and oxygen atoms in total. The molecule has 1 aliphatic rings. The number of nitrogens with one attached hydrogen (secondary N) is 2. The second-order valence-corrected chi connectivity index (χ2v) is 7.35. The molecule has 9 heteroatoms. The Morgan fingerprint density at radius 1 is 1.32 bits per heavy atom. The van der Waals surface area contributed by atoms with E-state index in [9.17, 15) is 26.4 Å². The second kappa shape index (κ2) is 6.15. The Bertz CT molecular complexity index is 659. The summed E-state index contributed by atoms with van der Waals surface area (Å²) in [6.45, 7) is -0.0742. The Morgan fingerprint density at radius 3 is 2.64 bits per heavy atom. The number of halogens is 3. The predicted octanol–water partition coefficient (Wildman–Crippen LogP) is 1.69. The molecule has 1 atom stereocenters. The summed E-state index contributed by atoms with van der Waals surface area (Å²) in [7, 11) is -3.10. The van der Waals surface area contributed by atoms with Crippen LogP contribution >= 0.6 is 0 Å². The standard InChI is InChI=1S/C13H15F3N2O3S/c14-13(15,16)10-3-1-2-9(6-10)7-17-12(19)18-11-4-5-22(20,21)8-11/h1-3,6,11H,4-5,7-8H2,(H2,17,18,19). The van der Waals surface area contributed by atoms with E-state index in [0.717, 1.165) is 12.1 Å². The van der Waals surface area contributed by atoms with Crippen LogP contribution in [0.1, 0.15) is 17.5 Å². The van der Waals surface area contributed by atoms with Gasteiger partial charge in [-0.25, -0.2) is 13.2 Å². The average molecular weight is 336 g/mol. The maximum absolute atomic E-state index is 12.6. The minimum absolute atomic E-state index is 0.0333. The normalized spacial score (nSPS) is 20.6. The molecule has 1 fully saturated rings. The first kappa shape index (κ1) is 16.6. The Balaban J connectivity index is 1.87. The Kier molecular flexibility index (Phi) is 4.64. The third kappa shape index (κ3) is 4.62. The molecule has 22 heavy (non-hydrogen) atoms. The number of rotatable bonds is 3. The highest BCUT2D eigenvalue weighted by Gasteiger charge is 2.30. The molecular weight excluding hydrogens is 321 g/mol. The van der Waals surface area contributed by atoms with E-state index in [-0.39, 0.29) is 18.1 Å². The number of benzene rings is 1. The zero-order valence-corrected chi connectivity index (χ0v) is 12.3. The van der Waals surface area contributed by atoms with Crippen molar-refractivity contribution in [2.24, 2.45) is 0 Å². The predicted molar refractivity (Wildman–Crippen MR) is 73.9 cm³/mol. The van der Waals surface area contributed by atoms with Gasteiger partial charge in [-0.15, -0.1) is 0 Å². The van der Waals surface area contributed by atoms with Gasteiger partial charge in [0.05, 0.1) is 17.1 Å². The molecule has 1 unspecified atom stereocenters. The van der Waals surface area contributed by atoms with Crippen LogP contribution < -0.4 is 10.6 Å². The fourth-order valence-corrected chi connectivity index (χ4v) is 3.86. The van der Waals surface area contributed by atoms with Crippen molar-refractivity contribution in [1.82, 2.24) is 10.6 Å². The highest BCUT2D eigenvalue weighted by Crippen LogP contribution is 2.29. The summed E-state index contributed by atoms with van der Waals surface area (Å²) < 4.78 is 60.2. The number of carbonyl (C=O) groups excluding carboxylic acids is 1. The van der Waals surface area contributed by atoms with Gasteiger partial charge >= 0.3 is 12.2 Å². The molecule has 0 aliphatic carbocycles. The SMILES string of the molecule is O=C(NCc1cccc(C(F)(F)F)c1)NC1CCS(=O)(=O)C1. The molecule has 0 spiro atoms. The number of sulfone groups is 1. The lowest BCUT2D eigenvalue weighted by atomic mass is 10.1. The molecule has 1 aliphatic heterocycles. The zero-order chi connectivity index (χ0) is 16.4. The number of amides is 2. The van der Waals surface area contributed by atoms with E-state index in [1.165, 1.54) is 12.1 Å². The van der Waals surface area contributed by atoms with E-state index in [4.69, 9.17) is 0 Å². The fraction of sp³-hybridized carbons (Fsp3) is 0.462. The molecule has 0 aromatic heterocycles. The Morgan fingerprint density at radius 2 is 2.05 bits per heavy atom. The molecule has 0 saturated carbocycles. The molecule has 1 saturated heterocycles. The van der Waals surface area contributed by atoms with Crippen molar-refractivity contribution in [3.8, 4) is 0 Å². The van der Waals surface area contributed by atoms with Crippen LogP contribution in [-0.2, 0) is 22.6 Å². The van der Waals surface area contributed by atoms with Crippen LogP contribution in [0, 0.1) is 0 Å². The molecule has 2 N–H and O–H groups in total. The molecule has 2 amide bonds. The van der Waals surface area contributed by atoms with Crippen molar-refractivity contribution in [3.63, 3.8) is 0 Å². The van der Waals surface area contributed by atoms with Crippen molar-refractivity contribution < 1.29 is 26.4 Å². The fourth-order valence-electron chi connectivity index (χ4n) is 2.19. The van der Waals surface area contributed by atoms with E-state index in [0.29, 0.717) is 12.0 Å². The van der Waals surface area contributed by atoms with Crippen molar-refractivity contribution in [1.29, 1.82) is 0 Å². The highest BCUT2D eigenvalue weighted by molar-refractivity contribution is 7.91. The van der Waals surface area contributed by atoms with Gasteiger partial charge in [-0.2, -0.15) is 13.2 Å². The van der Waals surface area contributed by atoms with Crippen molar-refractivity contribution in [3.05, 3.63) is 35.4 Å². The van der Waals surface area contributed by atoms with Crippen LogP contribution in [0.3, 0.4) is 0 Å². The first-order chi connectivity index (χ1) is 10.2. The summed E-state index contributed by atoms with van der Waals surface area (Å²) in [5, 5.41) is 4.92. The zero-order valence-electron chi connectivity index (χ0n) is 11.5. The minimum atomic E-state index is -4.43. The summed E-state index contributed by atoms with van der Waals surface area (Å²) >= 11 is 0. The van der Waals surface area contributed by atoms with Gasteiger partial charge in [0.25, 0.3) is 0 Å². The van der Waals surface area contributed by atoms with Crippen LogP contribution in [-0.4, -0.2) is 32.0 Å². The molecule has 1 aromatic rings. The van der Waals surface area contributed by atoms with Gasteiger partial charge in [-0.1, -0.05) is 12.1 Å². The third-order valence-corrected chi connectivity index (χ3v) is 5.04. The first-order valence-corrected chi connectivity index (χ1v) is 8.39. The Labute approximate surface area is 125 Å². The van der Waals surface area contributed by atoms with Crippen molar-refractivity contribution >= 4 is 15.9 Å². The number of urea groups is 1. The van der Waals surface area contributed by atoms with Gasteiger partial charge in [0.15, 0.2) is 9.84 Å². The van der Waals surface area contributed by atoms with E-state index in [1.807, 2.05) is 0 Å². The smallest absolute Gasteiger partial charge is 0.334 e. The van der Waals surface area contributed by atoms with Crippen LogP contribution in [0.15, 0.2) is 24.3 Å². The minimum Gasteiger partial charge on any atom is -0.334 e. The van der Waals surface area contributed by atoms with Gasteiger partial charge in [0, 0.05) is 12.6 Å². The van der Waals surface area contributed by atoms with Crippen LogP contribution in [0.2, 0.25) is 0 Å². The molecule has 122 valence electrons. The van der Waals surface area contributed by atoms with E-state index >= 15 is 0 Å². The van der Waals surface area contributed by atoms with E-state index in [1.54, 1.807) is 0 Å². The van der Waals surface area contributed by atoms with Gasteiger partial charge in [0.2, 0.25) is 0 Å². The first-order valence-electron chi connectivity index (χ1n) is 6.57. The summed E-state index contributed by atoms with van der Waals surface area (Å²) in [6, 6.07) is 3.59. The monoisotopic (exact) mass is 336 g/mol. The lowest BCUT2D eigenvalue weighted by molar-refractivity contribution is -0.137. The molecule has 0 bridgehead atoms. The molecular formula is C13H15F3N2O3S. The largest absolute Gasteiger partial charge is 0.416 e. The van der Waals surface area contributed by atoms with Gasteiger partial charge in [-0.05, 0) is 24.1 Å². The van der Waals surface area contributed by atoms with Crippen molar-refractivity contribution in [2.75, 3.05) is 11.5 Å². The average Bonchev–Trinajstić information content (AvgIpc) is 2.75. The van der Waals surface area contributed by atoms with E-state index in [2.05, 4.69) is 10.6 Å². The van der Waals surface area contributed by atoms with Gasteiger partial charge in [-0.3, -0.25) is 0 Å². The highest BCUT2D eigenvalue weighted by atomic mass is 32.2. The van der Waals surface area contributed by atoms with Crippen LogP contribution in [0.4, 0.5) is 18.0 Å². The second-order valence-electron chi connectivity index (χ2n) is 5.13. The lowest BCUT2D eigenvalue weighted by Gasteiger charge is -2.13. The van der Waals surface area contributed by atoms with Gasteiger partial charge < -0.3 is 10.6 Å². The van der Waals surface area contributed by atoms with Crippen LogP contribution in [0.25, 0.3) is 0 Å². The summed E-state index contributed by atoms with van der Waals surface area (Å²) in [5.41, 5.74) is -0.474. The number of hydrogen-bond acceptors (Lipinski definition) is 3. The maximum Gasteiger partial charge on any atom is 0.416 e. The third-order valence-electron chi connectivity index (χ3n) is 3.28. The summed E-state index contributed by atoms with van der Waals surface area (Å²) in [6.07, 6.45) is -4.09. The Hall–Kier alpha value is -1.77. The summed E-state index contributed by atoms with van der Waals surface area (Å²) in [4.78, 5) is 11.6. The quantitative estimate of drug-likeness (QED) is 0.882. The van der Waals surface area contributed by atoms with E-state index < -0.39 is 33.6 Å².